The third-order valence-electron chi connectivity index (χ3n) is 2.99. The first-order valence-corrected chi connectivity index (χ1v) is 6.81. The minimum Gasteiger partial charge on any atom is -0.494 e. The molecule has 0 saturated heterocycles. The lowest BCUT2D eigenvalue weighted by Gasteiger charge is -2.10. The van der Waals surface area contributed by atoms with E-state index in [1.807, 2.05) is 18.2 Å². The Morgan fingerprint density at radius 1 is 1.21 bits per heavy atom. The van der Waals surface area contributed by atoms with Crippen LogP contribution >= 0.6 is 0 Å². The van der Waals surface area contributed by atoms with Crippen LogP contribution in [0.3, 0.4) is 0 Å². The van der Waals surface area contributed by atoms with Crippen LogP contribution in [0.1, 0.15) is 32.3 Å². The van der Waals surface area contributed by atoms with Crippen molar-refractivity contribution in [2.75, 3.05) is 12.0 Å². The van der Waals surface area contributed by atoms with Gasteiger partial charge in [-0.15, -0.1) is 0 Å². The maximum atomic E-state index is 5.65. The Kier molecular flexibility index (Phi) is 4.58. The highest BCUT2D eigenvalue weighted by Crippen LogP contribution is 2.25. The first-order chi connectivity index (χ1) is 9.28. The fraction of sp³-hybridized carbons (Fsp3) is 0.400. The third kappa shape index (κ3) is 3.15. The smallest absolute Gasteiger partial charge is 0.143 e. The van der Waals surface area contributed by atoms with Crippen LogP contribution in [-0.4, -0.2) is 11.6 Å². The molecule has 0 spiro atoms. The van der Waals surface area contributed by atoms with Crippen molar-refractivity contribution in [1.29, 1.82) is 0 Å². The monoisotopic (exact) mass is 259 g/mol. The van der Waals surface area contributed by atoms with Gasteiger partial charge in [0.25, 0.3) is 0 Å². The van der Waals surface area contributed by atoms with Crippen LogP contribution in [0.4, 0.5) is 5.82 Å². The Bertz CT molecular complexity index is 554. The van der Waals surface area contributed by atoms with E-state index in [1.54, 1.807) is 0 Å². The summed E-state index contributed by atoms with van der Waals surface area (Å²) in [6, 6.07) is 8.10. The number of rotatable bonds is 6. The lowest BCUT2D eigenvalue weighted by atomic mass is 10.1. The van der Waals surface area contributed by atoms with E-state index < -0.39 is 0 Å². The molecule has 3 N–H and O–H groups in total. The Labute approximate surface area is 113 Å². The topological polar surface area (TPSA) is 60.2 Å². The zero-order valence-corrected chi connectivity index (χ0v) is 11.6. The van der Waals surface area contributed by atoms with E-state index >= 15 is 0 Å². The number of fused-ring (bicyclic) bond motifs is 1. The van der Waals surface area contributed by atoms with Gasteiger partial charge in [0.15, 0.2) is 0 Å². The van der Waals surface area contributed by atoms with Crippen LogP contribution in [0.5, 0.6) is 5.75 Å². The van der Waals surface area contributed by atoms with Crippen LogP contribution < -0.4 is 16.0 Å². The summed E-state index contributed by atoms with van der Waals surface area (Å²) < 4.78 is 5.65. The normalized spacial score (nSPS) is 10.7. The second-order valence-corrected chi connectivity index (χ2v) is 4.59. The van der Waals surface area contributed by atoms with Crippen molar-refractivity contribution >= 4 is 16.7 Å². The van der Waals surface area contributed by atoms with E-state index in [4.69, 9.17) is 10.6 Å². The molecular formula is C15H21N3O. The van der Waals surface area contributed by atoms with Gasteiger partial charge in [0.1, 0.15) is 11.6 Å². The second-order valence-electron chi connectivity index (χ2n) is 4.59. The molecule has 0 aliphatic carbocycles. The average molecular weight is 259 g/mol. The number of hydrogen-bond donors (Lipinski definition) is 2. The molecule has 0 saturated carbocycles. The molecule has 19 heavy (non-hydrogen) atoms. The molecule has 1 aromatic carbocycles. The molecule has 0 unspecified atom stereocenters. The fourth-order valence-electron chi connectivity index (χ4n) is 2.09. The van der Waals surface area contributed by atoms with Crippen molar-refractivity contribution in [1.82, 2.24) is 4.98 Å². The number of pyridine rings is 1. The molecule has 0 aliphatic heterocycles. The summed E-state index contributed by atoms with van der Waals surface area (Å²) >= 11 is 0. The molecule has 0 fully saturated rings. The van der Waals surface area contributed by atoms with Gasteiger partial charge in [-0.3, -0.25) is 0 Å². The van der Waals surface area contributed by atoms with E-state index in [-0.39, 0.29) is 0 Å². The SMILES string of the molecule is CCCOc1ccc2nc(NN)c(CCC)cc2c1. The van der Waals surface area contributed by atoms with Crippen molar-refractivity contribution in [2.45, 2.75) is 33.1 Å². The molecule has 102 valence electrons. The maximum Gasteiger partial charge on any atom is 0.143 e. The first kappa shape index (κ1) is 13.6. The highest BCUT2D eigenvalue weighted by Gasteiger charge is 2.06. The van der Waals surface area contributed by atoms with Crippen LogP contribution in [0, 0.1) is 0 Å². The number of nitrogens with one attached hydrogen (secondary N) is 1. The quantitative estimate of drug-likeness (QED) is 0.617. The largest absolute Gasteiger partial charge is 0.494 e. The molecular weight excluding hydrogens is 238 g/mol. The summed E-state index contributed by atoms with van der Waals surface area (Å²) in [5.41, 5.74) is 4.75. The summed E-state index contributed by atoms with van der Waals surface area (Å²) in [4.78, 5) is 4.54. The predicted octanol–water partition coefficient (Wildman–Crippen LogP) is 3.26. The zero-order valence-electron chi connectivity index (χ0n) is 11.6. The van der Waals surface area contributed by atoms with Gasteiger partial charge in [-0.05, 0) is 42.7 Å². The Morgan fingerprint density at radius 3 is 2.74 bits per heavy atom. The van der Waals surface area contributed by atoms with Gasteiger partial charge in [0, 0.05) is 5.39 Å². The van der Waals surface area contributed by atoms with Crippen molar-refractivity contribution in [3.63, 3.8) is 0 Å². The number of hydrogen-bond acceptors (Lipinski definition) is 4. The number of benzene rings is 1. The Morgan fingerprint density at radius 2 is 2.05 bits per heavy atom. The van der Waals surface area contributed by atoms with Gasteiger partial charge >= 0.3 is 0 Å². The number of nitrogens with two attached hydrogens (primary N) is 1. The molecule has 1 aromatic heterocycles. The first-order valence-electron chi connectivity index (χ1n) is 6.81. The molecule has 2 aromatic rings. The molecule has 2 rings (SSSR count). The van der Waals surface area contributed by atoms with Crippen LogP contribution in [-0.2, 0) is 6.42 Å². The van der Waals surface area contributed by atoms with E-state index in [9.17, 15) is 0 Å². The predicted molar refractivity (Wildman–Crippen MR) is 79.3 cm³/mol. The lowest BCUT2D eigenvalue weighted by molar-refractivity contribution is 0.318. The number of ether oxygens (including phenoxy) is 1. The number of aryl methyl sites for hydroxylation is 1. The third-order valence-corrected chi connectivity index (χ3v) is 2.99. The molecule has 0 amide bonds. The fourth-order valence-corrected chi connectivity index (χ4v) is 2.09. The molecule has 0 aliphatic rings. The average Bonchev–Trinajstić information content (AvgIpc) is 2.44. The highest BCUT2D eigenvalue weighted by molar-refractivity contribution is 5.83. The minimum absolute atomic E-state index is 0.739. The summed E-state index contributed by atoms with van der Waals surface area (Å²) in [5.74, 6) is 7.19. The van der Waals surface area contributed by atoms with Crippen molar-refractivity contribution in [3.8, 4) is 5.75 Å². The van der Waals surface area contributed by atoms with E-state index in [0.717, 1.165) is 53.9 Å². The van der Waals surface area contributed by atoms with Gasteiger partial charge in [-0.1, -0.05) is 20.3 Å². The Hall–Kier alpha value is -1.81. The summed E-state index contributed by atoms with van der Waals surface area (Å²) in [6.45, 7) is 4.98. The molecule has 4 heteroatoms. The van der Waals surface area contributed by atoms with Gasteiger partial charge in [-0.2, -0.15) is 0 Å². The van der Waals surface area contributed by atoms with Crippen LogP contribution in [0.25, 0.3) is 10.9 Å². The minimum atomic E-state index is 0.739. The van der Waals surface area contributed by atoms with Gasteiger partial charge in [-0.25, -0.2) is 10.8 Å². The maximum absolute atomic E-state index is 5.65. The van der Waals surface area contributed by atoms with Crippen molar-refractivity contribution in [3.05, 3.63) is 29.8 Å². The molecule has 0 atom stereocenters. The van der Waals surface area contributed by atoms with Gasteiger partial charge in [0.2, 0.25) is 0 Å². The van der Waals surface area contributed by atoms with Gasteiger partial charge in [0.05, 0.1) is 12.1 Å². The number of anilines is 1. The summed E-state index contributed by atoms with van der Waals surface area (Å²) in [5, 5.41) is 1.09. The van der Waals surface area contributed by atoms with E-state index in [2.05, 4.69) is 30.3 Å². The summed E-state index contributed by atoms with van der Waals surface area (Å²) in [6.07, 6.45) is 3.03. The molecule has 4 nitrogen and oxygen atoms in total. The van der Waals surface area contributed by atoms with E-state index in [1.165, 1.54) is 0 Å². The van der Waals surface area contributed by atoms with Crippen molar-refractivity contribution < 1.29 is 4.74 Å². The van der Waals surface area contributed by atoms with Gasteiger partial charge < -0.3 is 10.2 Å². The van der Waals surface area contributed by atoms with Crippen LogP contribution in [0.15, 0.2) is 24.3 Å². The lowest BCUT2D eigenvalue weighted by Crippen LogP contribution is -2.11. The zero-order chi connectivity index (χ0) is 13.7. The number of hydrazine groups is 1. The van der Waals surface area contributed by atoms with Crippen LogP contribution in [0.2, 0.25) is 0 Å². The van der Waals surface area contributed by atoms with E-state index in [0.29, 0.717) is 0 Å². The van der Waals surface area contributed by atoms with Crippen molar-refractivity contribution in [2.24, 2.45) is 5.84 Å². The molecule has 0 bridgehead atoms. The standard InChI is InChI=1S/C15H21N3O/c1-3-5-11-9-12-10-13(19-8-4-2)6-7-14(12)17-15(11)18-16/h6-7,9-10H,3-5,8,16H2,1-2H3,(H,17,18). The molecule has 0 radical (unpaired) electrons. The number of nitrogen functional groups attached to an aromatic ring is 1. The highest BCUT2D eigenvalue weighted by atomic mass is 16.5. The number of nitrogens with zero attached hydrogens (tertiary/aromatic N) is 1. The molecule has 1 heterocycles. The summed E-state index contributed by atoms with van der Waals surface area (Å²) in [7, 11) is 0. The Balaban J connectivity index is 2.40. The number of aromatic nitrogens is 1. The second kappa shape index (κ2) is 6.38.